The van der Waals surface area contributed by atoms with E-state index in [0.717, 1.165) is 37.2 Å². The van der Waals surface area contributed by atoms with Crippen LogP contribution in [0.4, 0.5) is 4.39 Å². The number of aliphatic hydroxyl groups is 1. The third kappa shape index (κ3) is 5.58. The van der Waals surface area contributed by atoms with Crippen molar-refractivity contribution in [3.05, 3.63) is 74.9 Å². The molecule has 1 saturated heterocycles. The molecule has 1 amide bonds. The first-order valence-corrected chi connectivity index (χ1v) is 11.6. The zero-order chi connectivity index (χ0) is 24.2. The molecule has 0 aliphatic carbocycles. The van der Waals surface area contributed by atoms with Gasteiger partial charge in [0.05, 0.1) is 17.1 Å². The molecule has 1 fully saturated rings. The summed E-state index contributed by atoms with van der Waals surface area (Å²) in [6, 6.07) is 9.73. The molecular formula is C25H27ClFN3O4. The molecule has 2 heterocycles. The second-order valence-corrected chi connectivity index (χ2v) is 9.02. The average Bonchev–Trinajstić information content (AvgIpc) is 2.81. The minimum Gasteiger partial charge on any atom is -0.490 e. The van der Waals surface area contributed by atoms with Gasteiger partial charge in [-0.15, -0.1) is 0 Å². The smallest absolute Gasteiger partial charge is 0.258 e. The lowest BCUT2D eigenvalue weighted by molar-refractivity contribution is 0.0592. The van der Waals surface area contributed by atoms with Crippen molar-refractivity contribution in [3.63, 3.8) is 0 Å². The highest BCUT2D eigenvalue weighted by molar-refractivity contribution is 6.30. The lowest BCUT2D eigenvalue weighted by atomic mass is 10.1. The highest BCUT2D eigenvalue weighted by atomic mass is 35.5. The molecule has 1 aromatic heterocycles. The number of pyridine rings is 1. The number of aliphatic hydroxyl groups excluding tert-OH is 1. The third-order valence-corrected chi connectivity index (χ3v) is 6.29. The molecule has 1 aliphatic rings. The van der Waals surface area contributed by atoms with E-state index in [1.807, 2.05) is 25.1 Å². The molecule has 1 atom stereocenters. The van der Waals surface area contributed by atoms with Crippen LogP contribution in [-0.4, -0.2) is 59.3 Å². The molecule has 3 N–H and O–H groups in total. The molecule has 1 aliphatic heterocycles. The lowest BCUT2D eigenvalue weighted by Crippen LogP contribution is -2.45. The zero-order valence-corrected chi connectivity index (χ0v) is 19.6. The van der Waals surface area contributed by atoms with E-state index < -0.39 is 23.4 Å². The van der Waals surface area contributed by atoms with Gasteiger partial charge in [-0.2, -0.15) is 0 Å². The third-order valence-electron chi connectivity index (χ3n) is 6.06. The number of aromatic amines is 1. The van der Waals surface area contributed by atoms with Crippen molar-refractivity contribution in [1.29, 1.82) is 0 Å². The van der Waals surface area contributed by atoms with Crippen LogP contribution in [0.15, 0.2) is 47.4 Å². The van der Waals surface area contributed by atoms with Gasteiger partial charge in [-0.05, 0) is 49.6 Å². The Morgan fingerprint density at radius 2 is 2.09 bits per heavy atom. The van der Waals surface area contributed by atoms with Crippen LogP contribution in [0.5, 0.6) is 5.75 Å². The maximum Gasteiger partial charge on any atom is 0.258 e. The molecule has 0 radical (unpaired) electrons. The summed E-state index contributed by atoms with van der Waals surface area (Å²) in [5, 5.41) is 13.9. The summed E-state index contributed by atoms with van der Waals surface area (Å²) in [5.74, 6) is -0.344. The minimum absolute atomic E-state index is 0.0369. The predicted molar refractivity (Wildman–Crippen MR) is 129 cm³/mol. The van der Waals surface area contributed by atoms with Crippen LogP contribution >= 0.6 is 11.6 Å². The monoisotopic (exact) mass is 487 g/mol. The fourth-order valence-electron chi connectivity index (χ4n) is 4.26. The Morgan fingerprint density at radius 3 is 2.82 bits per heavy atom. The molecular weight excluding hydrogens is 461 g/mol. The number of fused-ring (bicyclic) bond motifs is 1. The van der Waals surface area contributed by atoms with Crippen LogP contribution < -0.4 is 15.6 Å². The highest BCUT2D eigenvalue weighted by Gasteiger charge is 2.23. The summed E-state index contributed by atoms with van der Waals surface area (Å²) < 4.78 is 20.2. The second-order valence-electron chi connectivity index (χ2n) is 8.59. The number of benzene rings is 2. The summed E-state index contributed by atoms with van der Waals surface area (Å²) in [5.41, 5.74) is 0.555. The Morgan fingerprint density at radius 1 is 1.32 bits per heavy atom. The van der Waals surface area contributed by atoms with Crippen LogP contribution in [-0.2, 0) is 0 Å². The topological polar surface area (TPSA) is 94.7 Å². The molecule has 4 rings (SSSR count). The van der Waals surface area contributed by atoms with Gasteiger partial charge in [-0.3, -0.25) is 9.59 Å². The quantitative estimate of drug-likeness (QED) is 0.475. The first kappa shape index (κ1) is 24.2. The number of rotatable bonds is 7. The fraction of sp³-hybridized carbons (Fsp3) is 0.360. The Kier molecular flexibility index (Phi) is 7.50. The van der Waals surface area contributed by atoms with E-state index in [0.29, 0.717) is 11.6 Å². The number of halogens is 2. The van der Waals surface area contributed by atoms with Crippen molar-refractivity contribution in [2.75, 3.05) is 26.2 Å². The number of nitrogens with zero attached hydrogens (tertiary/aromatic N) is 1. The van der Waals surface area contributed by atoms with E-state index in [-0.39, 0.29) is 29.0 Å². The highest BCUT2D eigenvalue weighted by Crippen LogP contribution is 2.25. The van der Waals surface area contributed by atoms with Crippen molar-refractivity contribution in [3.8, 4) is 5.75 Å². The van der Waals surface area contributed by atoms with Gasteiger partial charge in [0, 0.05) is 42.8 Å². The first-order valence-electron chi connectivity index (χ1n) is 11.2. The summed E-state index contributed by atoms with van der Waals surface area (Å²) in [6.07, 6.45) is 2.25. The van der Waals surface area contributed by atoms with Crippen LogP contribution in [0.3, 0.4) is 0 Å². The number of carbonyl (C=O) groups is 1. The zero-order valence-electron chi connectivity index (χ0n) is 18.8. The second kappa shape index (κ2) is 10.5. The van der Waals surface area contributed by atoms with Crippen molar-refractivity contribution in [2.24, 2.45) is 0 Å². The van der Waals surface area contributed by atoms with Gasteiger partial charge in [0.1, 0.15) is 17.7 Å². The van der Waals surface area contributed by atoms with Crippen LogP contribution in [0.2, 0.25) is 5.02 Å². The number of β-amino-alcohol motifs (C(OH)–C–C–N with tert-alkyl or cyclic N) is 1. The Hall–Kier alpha value is -2.94. The number of H-pyrrole nitrogens is 1. The van der Waals surface area contributed by atoms with E-state index in [1.54, 1.807) is 0 Å². The number of aromatic nitrogens is 1. The summed E-state index contributed by atoms with van der Waals surface area (Å²) in [7, 11) is 0. The lowest BCUT2D eigenvalue weighted by Gasteiger charge is -2.33. The molecule has 0 spiro atoms. The minimum atomic E-state index is -0.773. The summed E-state index contributed by atoms with van der Waals surface area (Å²) in [6.45, 7) is 3.95. The van der Waals surface area contributed by atoms with Gasteiger partial charge in [-0.25, -0.2) is 4.39 Å². The van der Waals surface area contributed by atoms with Gasteiger partial charge >= 0.3 is 0 Å². The van der Waals surface area contributed by atoms with Gasteiger partial charge in [-0.1, -0.05) is 23.7 Å². The van der Waals surface area contributed by atoms with Crippen molar-refractivity contribution in [1.82, 2.24) is 15.2 Å². The molecule has 9 heteroatoms. The SMILES string of the molecule is Cc1cc(Cl)ccc1OC1CCN(CC(O)CNC(=O)c2c[nH]c(=O)c3c(F)cccc23)CC1. The number of amides is 1. The predicted octanol–water partition coefficient (Wildman–Crippen LogP) is 3.26. The van der Waals surface area contributed by atoms with Crippen molar-refractivity contribution in [2.45, 2.75) is 32.0 Å². The first-order chi connectivity index (χ1) is 16.3. The molecule has 2 aromatic carbocycles. The number of carbonyl (C=O) groups excluding carboxylic acids is 1. The van der Waals surface area contributed by atoms with Crippen molar-refractivity contribution >= 4 is 28.3 Å². The number of aryl methyl sites for hydroxylation is 1. The molecule has 34 heavy (non-hydrogen) atoms. The fourth-order valence-corrected chi connectivity index (χ4v) is 4.48. The Bertz CT molecular complexity index is 1240. The van der Waals surface area contributed by atoms with Crippen molar-refractivity contribution < 1.29 is 19.0 Å². The summed E-state index contributed by atoms with van der Waals surface area (Å²) in [4.78, 5) is 29.1. The number of piperidine rings is 1. The molecule has 180 valence electrons. The van der Waals surface area contributed by atoms with E-state index in [2.05, 4.69) is 15.2 Å². The molecule has 3 aromatic rings. The van der Waals surface area contributed by atoms with Gasteiger partial charge in [0.25, 0.3) is 11.5 Å². The number of hydrogen-bond donors (Lipinski definition) is 3. The van der Waals surface area contributed by atoms with E-state index in [9.17, 15) is 19.1 Å². The van der Waals surface area contributed by atoms with Gasteiger partial charge < -0.3 is 25.0 Å². The number of nitrogens with one attached hydrogen (secondary N) is 2. The maximum absolute atomic E-state index is 14.0. The maximum atomic E-state index is 14.0. The van der Waals surface area contributed by atoms with E-state index in [4.69, 9.17) is 16.3 Å². The molecule has 0 saturated carbocycles. The number of hydrogen-bond acceptors (Lipinski definition) is 5. The number of likely N-dealkylation sites (tertiary alicyclic amines) is 1. The summed E-state index contributed by atoms with van der Waals surface area (Å²) >= 11 is 6.00. The standard InChI is InChI=1S/C25H27ClFN3O4/c1-15-11-16(26)5-6-22(15)34-18-7-9-30(10-8-18)14-17(31)12-28-24(32)20-13-29-25(33)23-19(20)3-2-4-21(23)27/h2-6,11,13,17-18,31H,7-10,12,14H2,1H3,(H,28,32)(H,29,33). The number of ether oxygens (including phenoxy) is 1. The van der Waals surface area contributed by atoms with Gasteiger partial charge in [0.15, 0.2) is 0 Å². The van der Waals surface area contributed by atoms with E-state index in [1.165, 1.54) is 24.4 Å². The molecule has 7 nitrogen and oxygen atoms in total. The normalized spacial score (nSPS) is 15.9. The molecule has 1 unspecified atom stereocenters. The molecule has 0 bridgehead atoms. The Balaban J connectivity index is 1.26. The van der Waals surface area contributed by atoms with E-state index >= 15 is 0 Å². The van der Waals surface area contributed by atoms with Crippen LogP contribution in [0.1, 0.15) is 28.8 Å². The Labute approximate surface area is 201 Å². The largest absolute Gasteiger partial charge is 0.490 e. The van der Waals surface area contributed by atoms with Gasteiger partial charge in [0.2, 0.25) is 0 Å². The van der Waals surface area contributed by atoms with Crippen LogP contribution in [0, 0.1) is 12.7 Å². The van der Waals surface area contributed by atoms with Crippen LogP contribution in [0.25, 0.3) is 10.8 Å². The average molecular weight is 488 g/mol.